The summed E-state index contributed by atoms with van der Waals surface area (Å²) >= 11 is 0. The predicted octanol–water partition coefficient (Wildman–Crippen LogP) is 3.04. The van der Waals surface area contributed by atoms with Crippen LogP contribution in [0.3, 0.4) is 0 Å². The molecule has 0 nitrogen and oxygen atoms in total. The first kappa shape index (κ1) is 7.11. The van der Waals surface area contributed by atoms with E-state index in [4.69, 9.17) is 0 Å². The van der Waals surface area contributed by atoms with Crippen molar-refractivity contribution in [2.45, 2.75) is 39.5 Å². The molecule has 0 aromatic rings. The van der Waals surface area contributed by atoms with Crippen molar-refractivity contribution in [2.24, 2.45) is 11.8 Å². The average molecular weight is 125 g/mol. The molecule has 0 heteroatoms. The van der Waals surface area contributed by atoms with Gasteiger partial charge in [-0.25, -0.2) is 0 Å². The van der Waals surface area contributed by atoms with Crippen LogP contribution in [0.1, 0.15) is 39.5 Å². The smallest absolute Gasteiger partial charge is 0.0352 e. The van der Waals surface area contributed by atoms with Gasteiger partial charge in [-0.1, -0.05) is 26.7 Å². The summed E-state index contributed by atoms with van der Waals surface area (Å²) < 4.78 is 0. The van der Waals surface area contributed by atoms with E-state index in [9.17, 15) is 0 Å². The van der Waals surface area contributed by atoms with Gasteiger partial charge in [0.1, 0.15) is 0 Å². The molecule has 0 aliphatic heterocycles. The second-order valence-electron chi connectivity index (χ2n) is 3.22. The van der Waals surface area contributed by atoms with Gasteiger partial charge in [-0.05, 0) is 31.1 Å². The molecule has 1 fully saturated rings. The van der Waals surface area contributed by atoms with Gasteiger partial charge < -0.3 is 0 Å². The summed E-state index contributed by atoms with van der Waals surface area (Å²) in [6, 6.07) is 0. The van der Waals surface area contributed by atoms with Gasteiger partial charge in [0.2, 0.25) is 0 Å². The number of hydrogen-bond acceptors (Lipinski definition) is 0. The van der Waals surface area contributed by atoms with Crippen LogP contribution in [0.15, 0.2) is 0 Å². The fourth-order valence-corrected chi connectivity index (χ4v) is 1.62. The molecule has 2 unspecified atom stereocenters. The molecule has 0 saturated heterocycles. The monoisotopic (exact) mass is 125 g/mol. The van der Waals surface area contributed by atoms with Crippen molar-refractivity contribution in [3.8, 4) is 0 Å². The zero-order valence-electron chi connectivity index (χ0n) is 6.56. The van der Waals surface area contributed by atoms with Crippen LogP contribution in [-0.4, -0.2) is 0 Å². The lowest BCUT2D eigenvalue weighted by Crippen LogP contribution is -2.05. The largest absolute Gasteiger partial charge is 0.0651 e. The van der Waals surface area contributed by atoms with Gasteiger partial charge in [0.15, 0.2) is 0 Å². The lowest BCUT2D eigenvalue weighted by Gasteiger charge is -2.15. The third kappa shape index (κ3) is 1.70. The highest BCUT2D eigenvalue weighted by Gasteiger charge is 2.19. The average Bonchev–Trinajstić information content (AvgIpc) is 2.37. The van der Waals surface area contributed by atoms with Crippen LogP contribution in [0.5, 0.6) is 0 Å². The maximum absolute atomic E-state index is 2.51. The molecular formula is C9H17. The van der Waals surface area contributed by atoms with E-state index < -0.39 is 0 Å². The third-order valence-corrected chi connectivity index (χ3v) is 2.59. The number of hydrogen-bond donors (Lipinski definition) is 0. The summed E-state index contributed by atoms with van der Waals surface area (Å²) in [6.45, 7) is 4.66. The highest BCUT2D eigenvalue weighted by Crippen LogP contribution is 2.31. The Morgan fingerprint density at radius 2 is 2.44 bits per heavy atom. The highest BCUT2D eigenvalue weighted by atomic mass is 14.2. The Morgan fingerprint density at radius 3 is 2.89 bits per heavy atom. The van der Waals surface area contributed by atoms with Gasteiger partial charge in [-0.3, -0.25) is 0 Å². The Kier molecular flexibility index (Phi) is 2.56. The maximum Gasteiger partial charge on any atom is -0.0352 e. The molecule has 1 saturated carbocycles. The molecule has 0 bridgehead atoms. The molecule has 0 aromatic heterocycles. The summed E-state index contributed by atoms with van der Waals surface area (Å²) in [6.07, 6.45) is 8.12. The summed E-state index contributed by atoms with van der Waals surface area (Å²) in [5.74, 6) is 1.89. The van der Waals surface area contributed by atoms with Crippen LogP contribution >= 0.6 is 0 Å². The minimum atomic E-state index is 0.937. The van der Waals surface area contributed by atoms with E-state index in [1.807, 2.05) is 0 Å². The molecule has 1 rings (SSSR count). The lowest BCUT2D eigenvalue weighted by molar-refractivity contribution is 0.402. The van der Waals surface area contributed by atoms with Crippen molar-refractivity contribution in [3.63, 3.8) is 0 Å². The molecule has 0 heterocycles. The fraction of sp³-hybridized carbons (Fsp3) is 0.889. The molecule has 2 atom stereocenters. The normalized spacial score (nSPS) is 24.7. The molecule has 1 radical (unpaired) electrons. The molecule has 1 aliphatic carbocycles. The second-order valence-corrected chi connectivity index (χ2v) is 3.22. The van der Waals surface area contributed by atoms with Gasteiger partial charge in [0, 0.05) is 0 Å². The topological polar surface area (TPSA) is 0 Å². The van der Waals surface area contributed by atoms with Crippen molar-refractivity contribution < 1.29 is 0 Å². The van der Waals surface area contributed by atoms with Crippen molar-refractivity contribution in [1.29, 1.82) is 0 Å². The zero-order valence-corrected chi connectivity index (χ0v) is 6.56. The first-order chi connectivity index (χ1) is 4.34. The van der Waals surface area contributed by atoms with Crippen molar-refractivity contribution in [2.75, 3.05) is 0 Å². The van der Waals surface area contributed by atoms with E-state index in [2.05, 4.69) is 20.3 Å². The Labute approximate surface area is 58.7 Å². The van der Waals surface area contributed by atoms with E-state index in [0.717, 1.165) is 11.8 Å². The van der Waals surface area contributed by atoms with Crippen LogP contribution in [0.4, 0.5) is 0 Å². The van der Waals surface area contributed by atoms with E-state index in [-0.39, 0.29) is 0 Å². The van der Waals surface area contributed by atoms with Gasteiger partial charge in [-0.2, -0.15) is 0 Å². The van der Waals surface area contributed by atoms with Crippen LogP contribution in [-0.2, 0) is 0 Å². The van der Waals surface area contributed by atoms with E-state index in [1.165, 1.54) is 25.7 Å². The highest BCUT2D eigenvalue weighted by molar-refractivity contribution is 4.85. The summed E-state index contributed by atoms with van der Waals surface area (Å²) in [7, 11) is 0. The fourth-order valence-electron chi connectivity index (χ4n) is 1.62. The van der Waals surface area contributed by atoms with Crippen LogP contribution in [0, 0.1) is 18.3 Å². The van der Waals surface area contributed by atoms with Gasteiger partial charge in [0.05, 0.1) is 0 Å². The Morgan fingerprint density at radius 1 is 1.67 bits per heavy atom. The predicted molar refractivity (Wildman–Crippen MR) is 41.1 cm³/mol. The van der Waals surface area contributed by atoms with Crippen LogP contribution in [0.2, 0.25) is 0 Å². The summed E-state index contributed by atoms with van der Waals surface area (Å²) in [5.41, 5.74) is 0. The molecule has 53 valence electrons. The third-order valence-electron chi connectivity index (χ3n) is 2.59. The van der Waals surface area contributed by atoms with E-state index in [0.29, 0.717) is 0 Å². The van der Waals surface area contributed by atoms with Crippen LogP contribution in [0.25, 0.3) is 0 Å². The van der Waals surface area contributed by atoms with E-state index in [1.54, 1.807) is 0 Å². The molecule has 9 heavy (non-hydrogen) atoms. The van der Waals surface area contributed by atoms with E-state index >= 15 is 0 Å². The van der Waals surface area contributed by atoms with Crippen molar-refractivity contribution >= 4 is 0 Å². The van der Waals surface area contributed by atoms with Gasteiger partial charge in [0.25, 0.3) is 0 Å². The quantitative estimate of drug-likeness (QED) is 0.532. The molecule has 0 amide bonds. The molecule has 0 N–H and O–H groups in total. The molecule has 0 spiro atoms. The van der Waals surface area contributed by atoms with Crippen molar-refractivity contribution in [3.05, 3.63) is 6.42 Å². The lowest BCUT2D eigenvalue weighted by atomic mass is 9.91. The summed E-state index contributed by atoms with van der Waals surface area (Å²) in [4.78, 5) is 0. The van der Waals surface area contributed by atoms with Gasteiger partial charge >= 0.3 is 0 Å². The minimum Gasteiger partial charge on any atom is -0.0651 e. The SMILES string of the molecule is CCC(C)C1[CH]CCC1. The summed E-state index contributed by atoms with van der Waals surface area (Å²) in [5, 5.41) is 0. The molecule has 1 aliphatic rings. The van der Waals surface area contributed by atoms with Crippen molar-refractivity contribution in [1.82, 2.24) is 0 Å². The standard InChI is InChI=1S/C9H17/c1-3-8(2)9-6-4-5-7-9/h6,8-9H,3-5,7H2,1-2H3. The second kappa shape index (κ2) is 3.24. The minimum absolute atomic E-state index is 0.937. The maximum atomic E-state index is 2.51. The molecular weight excluding hydrogens is 108 g/mol. The Bertz CT molecular complexity index is 70.1. The van der Waals surface area contributed by atoms with Gasteiger partial charge in [-0.15, -0.1) is 0 Å². The Hall–Kier alpha value is 0. The van der Waals surface area contributed by atoms with Crippen LogP contribution < -0.4 is 0 Å². The zero-order chi connectivity index (χ0) is 6.69. The number of rotatable bonds is 2. The first-order valence-corrected chi connectivity index (χ1v) is 4.18. The Balaban J connectivity index is 2.24. The first-order valence-electron chi connectivity index (χ1n) is 4.18. The molecule has 0 aromatic carbocycles.